The summed E-state index contributed by atoms with van der Waals surface area (Å²) in [6.07, 6.45) is 2.14. The van der Waals surface area contributed by atoms with Gasteiger partial charge in [-0.3, -0.25) is 14.4 Å². The number of hydrogen-bond donors (Lipinski definition) is 4. The van der Waals surface area contributed by atoms with E-state index in [-0.39, 0.29) is 35.4 Å². The number of rotatable bonds is 10. The fourth-order valence-corrected chi connectivity index (χ4v) is 9.41. The van der Waals surface area contributed by atoms with Crippen molar-refractivity contribution in [3.8, 4) is 45.3 Å². The monoisotopic (exact) mass is 877 g/mol. The smallest absolute Gasteiger partial charge is 0.355 e. The maximum Gasteiger partial charge on any atom is 0.355 e. The van der Waals surface area contributed by atoms with Gasteiger partial charge in [-0.1, -0.05) is 32.9 Å². The summed E-state index contributed by atoms with van der Waals surface area (Å²) in [4.78, 5) is 91.6. The minimum absolute atomic E-state index is 0.0614. The molecule has 3 aromatic carbocycles. The molecule has 0 saturated heterocycles. The molecule has 314 valence electrons. The molecule has 13 nitrogen and oxygen atoms in total. The molecule has 15 heteroatoms. The van der Waals surface area contributed by atoms with E-state index < -0.39 is 62.8 Å². The van der Waals surface area contributed by atoms with Gasteiger partial charge in [0.1, 0.15) is 16.9 Å². The van der Waals surface area contributed by atoms with Crippen molar-refractivity contribution in [2.45, 2.75) is 40.0 Å². The average molecular weight is 878 g/mol. The Kier molecular flexibility index (Phi) is 10.6. The fraction of sp³-hybridized carbons (Fsp3) is 0.125. The lowest BCUT2D eigenvalue weighted by Crippen LogP contribution is -2.30. The number of aromatic hydroxyl groups is 1. The summed E-state index contributed by atoms with van der Waals surface area (Å²) < 4.78 is 18.6. The number of pyridine rings is 3. The van der Waals surface area contributed by atoms with E-state index in [1.165, 1.54) is 12.3 Å². The number of carbonyl (C=O) groups is 3. The molecular formula is C48H35N3O10S2. The van der Waals surface area contributed by atoms with Crippen LogP contribution in [-0.2, 0) is 24.0 Å². The Morgan fingerprint density at radius 3 is 1.79 bits per heavy atom. The number of aryl methyl sites for hydroxylation is 1. The number of nitrogens with one attached hydrogen (secondary N) is 3. The highest BCUT2D eigenvalue weighted by Crippen LogP contribution is 2.36. The van der Waals surface area contributed by atoms with Gasteiger partial charge in [-0.25, -0.2) is 14.4 Å². The van der Waals surface area contributed by atoms with E-state index in [4.69, 9.17) is 13.9 Å². The number of ether oxygens (including phenoxy) is 2. The third-order valence-corrected chi connectivity index (χ3v) is 12.8. The van der Waals surface area contributed by atoms with Gasteiger partial charge in [0, 0.05) is 25.9 Å². The van der Waals surface area contributed by atoms with Crippen LogP contribution < -0.4 is 21.4 Å². The number of thiophene rings is 2. The Morgan fingerprint density at radius 1 is 0.603 bits per heavy atom. The van der Waals surface area contributed by atoms with Crippen LogP contribution in [-0.4, -0.2) is 38.0 Å². The van der Waals surface area contributed by atoms with Crippen LogP contribution in [0.5, 0.6) is 11.5 Å². The van der Waals surface area contributed by atoms with Gasteiger partial charge in [0.15, 0.2) is 16.9 Å². The number of hydrogen-bond acceptors (Lipinski definition) is 12. The van der Waals surface area contributed by atoms with Crippen molar-refractivity contribution in [2.75, 3.05) is 0 Å². The van der Waals surface area contributed by atoms with Crippen LogP contribution in [0.1, 0.15) is 68.5 Å². The molecular weight excluding hydrogens is 843 g/mol. The lowest BCUT2D eigenvalue weighted by Gasteiger charge is -2.17. The average Bonchev–Trinajstić information content (AvgIpc) is 4.07. The number of H-pyrrole nitrogens is 3. The van der Waals surface area contributed by atoms with E-state index >= 15 is 0 Å². The predicted octanol–water partition coefficient (Wildman–Crippen LogP) is 9.54. The van der Waals surface area contributed by atoms with E-state index in [2.05, 4.69) is 15.0 Å². The fourth-order valence-electron chi connectivity index (χ4n) is 7.87. The van der Waals surface area contributed by atoms with Crippen LogP contribution in [0.3, 0.4) is 0 Å². The van der Waals surface area contributed by atoms with Crippen molar-refractivity contribution in [1.29, 1.82) is 0 Å². The van der Waals surface area contributed by atoms with E-state index in [0.29, 0.717) is 39.8 Å². The Bertz CT molecular complexity index is 3530. The summed E-state index contributed by atoms with van der Waals surface area (Å²) >= 11 is 3.12. The second kappa shape index (κ2) is 16.3. The summed E-state index contributed by atoms with van der Waals surface area (Å²) in [6.45, 7) is 5.26. The molecule has 9 aromatic rings. The first kappa shape index (κ1) is 40.8. The zero-order valence-electron chi connectivity index (χ0n) is 33.8. The van der Waals surface area contributed by atoms with Gasteiger partial charge in [0.05, 0.1) is 23.3 Å². The van der Waals surface area contributed by atoms with Crippen molar-refractivity contribution in [3.63, 3.8) is 0 Å². The van der Waals surface area contributed by atoms with Crippen molar-refractivity contribution >= 4 is 71.7 Å². The van der Waals surface area contributed by atoms with Gasteiger partial charge >= 0.3 is 17.9 Å². The predicted molar refractivity (Wildman–Crippen MR) is 243 cm³/mol. The molecule has 0 saturated carbocycles. The lowest BCUT2D eigenvalue weighted by atomic mass is 9.99. The number of aromatic nitrogens is 3. The van der Waals surface area contributed by atoms with Gasteiger partial charge in [0.25, 0.3) is 16.7 Å². The zero-order chi connectivity index (χ0) is 44.1. The molecule has 63 heavy (non-hydrogen) atoms. The highest BCUT2D eigenvalue weighted by molar-refractivity contribution is 7.17. The molecule has 0 atom stereocenters. The van der Waals surface area contributed by atoms with Crippen LogP contribution in [0.2, 0.25) is 0 Å². The third-order valence-electron chi connectivity index (χ3n) is 11.0. The van der Waals surface area contributed by atoms with Crippen molar-refractivity contribution in [2.24, 2.45) is 0 Å². The Labute approximate surface area is 364 Å². The Morgan fingerprint density at radius 2 is 1.16 bits per heavy atom. The standard InChI is InChI=1S/C48H35N3O10S2/c1-4-23-22-32(43(53)49-38(23)27-8-11-34-25(20-27)14-17-62-34)46(56)60-42-31(6-3)40(28-7-10-33-24(19-28)13-16-59-33)51-45(55)37(42)48(58)61-47(57)36-41(52)30(5-2)39(50-44(36)54)29-9-12-35-26(21-29)15-18-63-35/h7-22H,4-6H2,1-3H3,(H,49,53)(H,51,55)(H2,50,52,54). The van der Waals surface area contributed by atoms with Crippen LogP contribution >= 0.6 is 22.7 Å². The van der Waals surface area contributed by atoms with Crippen molar-refractivity contribution in [3.05, 3.63) is 160 Å². The van der Waals surface area contributed by atoms with E-state index in [9.17, 15) is 33.9 Å². The molecule has 0 unspecified atom stereocenters. The van der Waals surface area contributed by atoms with Crippen LogP contribution in [0.4, 0.5) is 0 Å². The summed E-state index contributed by atoms with van der Waals surface area (Å²) in [5.74, 6) is -5.61. The number of carbonyl (C=O) groups excluding carboxylic acids is 3. The largest absolute Gasteiger partial charge is 0.506 e. The maximum absolute atomic E-state index is 14.2. The van der Waals surface area contributed by atoms with E-state index in [0.717, 1.165) is 25.7 Å². The van der Waals surface area contributed by atoms with Crippen molar-refractivity contribution < 1.29 is 33.4 Å². The number of benzene rings is 3. The van der Waals surface area contributed by atoms with Gasteiger partial charge in [-0.15, -0.1) is 22.7 Å². The molecule has 0 radical (unpaired) electrons. The SMILES string of the molecule is CCc1cc(C(=O)Oc2c(CC)c(-c3ccc4occc4c3)[nH]c(=O)c2C(=O)OC(=O)c2c(O)c(CC)c(-c3ccc4sccc4c3)[nH]c2=O)c(=O)[nH]c1-c1ccc2sccc2c1. The van der Waals surface area contributed by atoms with Crippen LogP contribution in [0.15, 0.2) is 115 Å². The van der Waals surface area contributed by atoms with Gasteiger partial charge in [-0.2, -0.15) is 0 Å². The first-order valence-electron chi connectivity index (χ1n) is 19.9. The van der Waals surface area contributed by atoms with Gasteiger partial charge in [-0.05, 0) is 130 Å². The highest BCUT2D eigenvalue weighted by Gasteiger charge is 2.32. The Balaban J connectivity index is 1.12. The maximum atomic E-state index is 14.2. The molecule has 0 fully saturated rings. The second-order valence-electron chi connectivity index (χ2n) is 14.6. The quantitative estimate of drug-likeness (QED) is 0.0757. The van der Waals surface area contributed by atoms with Crippen LogP contribution in [0, 0.1) is 0 Å². The zero-order valence-corrected chi connectivity index (χ0v) is 35.4. The molecule has 6 heterocycles. The van der Waals surface area contributed by atoms with E-state index in [1.807, 2.05) is 60.1 Å². The van der Waals surface area contributed by atoms with Crippen LogP contribution in [0.25, 0.3) is 64.9 Å². The number of aromatic amines is 3. The third kappa shape index (κ3) is 7.26. The molecule has 0 aliphatic carbocycles. The number of furan rings is 1. The molecule has 6 aromatic heterocycles. The first-order chi connectivity index (χ1) is 30.5. The molecule has 4 N–H and O–H groups in total. The lowest BCUT2D eigenvalue weighted by molar-refractivity contribution is 0.0391. The summed E-state index contributed by atoms with van der Waals surface area (Å²) in [5.41, 5.74) is -0.824. The molecule has 0 amide bonds. The second-order valence-corrected chi connectivity index (χ2v) is 16.5. The summed E-state index contributed by atoms with van der Waals surface area (Å²) in [6, 6.07) is 23.3. The number of fused-ring (bicyclic) bond motifs is 3. The minimum Gasteiger partial charge on any atom is -0.506 e. The minimum atomic E-state index is -1.58. The topological polar surface area (TPSA) is 202 Å². The summed E-state index contributed by atoms with van der Waals surface area (Å²) in [5, 5.41) is 17.9. The van der Waals surface area contributed by atoms with Gasteiger partial charge < -0.3 is 33.9 Å². The Hall–Kier alpha value is -7.62. The summed E-state index contributed by atoms with van der Waals surface area (Å²) in [7, 11) is 0. The number of esters is 3. The normalized spacial score (nSPS) is 11.4. The van der Waals surface area contributed by atoms with Gasteiger partial charge in [0.2, 0.25) is 0 Å². The molecule has 0 aliphatic rings. The van der Waals surface area contributed by atoms with E-state index in [1.54, 1.807) is 66.9 Å². The molecule has 0 aliphatic heterocycles. The molecule has 0 bridgehead atoms. The van der Waals surface area contributed by atoms with Crippen molar-refractivity contribution in [1.82, 2.24) is 15.0 Å². The molecule has 9 rings (SSSR count). The first-order valence-corrected chi connectivity index (χ1v) is 21.7. The molecule has 0 spiro atoms. The highest BCUT2D eigenvalue weighted by atomic mass is 32.1.